The lowest BCUT2D eigenvalue weighted by molar-refractivity contribution is -0.142. The van der Waals surface area contributed by atoms with Gasteiger partial charge in [0.2, 0.25) is 0 Å². The molecule has 0 aliphatic carbocycles. The van der Waals surface area contributed by atoms with Gasteiger partial charge in [0.25, 0.3) is 5.91 Å². The van der Waals surface area contributed by atoms with E-state index in [1.807, 2.05) is 11.0 Å². The lowest BCUT2D eigenvalue weighted by Gasteiger charge is -2.38. The summed E-state index contributed by atoms with van der Waals surface area (Å²) in [7, 11) is 0. The fourth-order valence-electron chi connectivity index (χ4n) is 2.48. The largest absolute Gasteiger partial charge is 0.480 e. The number of halogens is 1. The Labute approximate surface area is 131 Å². The van der Waals surface area contributed by atoms with Gasteiger partial charge in [0, 0.05) is 30.7 Å². The van der Waals surface area contributed by atoms with E-state index in [1.54, 1.807) is 19.1 Å². The van der Waals surface area contributed by atoms with Crippen molar-refractivity contribution in [2.24, 2.45) is 5.73 Å². The molecule has 1 aromatic carbocycles. The third-order valence-corrected chi connectivity index (χ3v) is 4.28. The summed E-state index contributed by atoms with van der Waals surface area (Å²) in [6, 6.07) is 4.86. The molecule has 0 saturated carbocycles. The van der Waals surface area contributed by atoms with Crippen molar-refractivity contribution < 1.29 is 14.7 Å². The normalized spacial score (nSPS) is 17.5. The summed E-state index contributed by atoms with van der Waals surface area (Å²) in [5, 5.41) is 9.05. The first-order chi connectivity index (χ1) is 9.90. The van der Waals surface area contributed by atoms with Crippen molar-refractivity contribution in [2.75, 3.05) is 31.1 Å². The maximum absolute atomic E-state index is 11.5. The average molecular weight is 356 g/mol. The molecule has 1 fully saturated rings. The van der Waals surface area contributed by atoms with Crippen molar-refractivity contribution in [3.8, 4) is 0 Å². The molecule has 1 amide bonds. The van der Waals surface area contributed by atoms with E-state index in [1.165, 1.54) is 0 Å². The van der Waals surface area contributed by atoms with Crippen molar-refractivity contribution >= 4 is 33.5 Å². The number of primary amides is 1. The van der Waals surface area contributed by atoms with Gasteiger partial charge < -0.3 is 15.7 Å². The Morgan fingerprint density at radius 2 is 1.90 bits per heavy atom. The molecule has 1 atom stereocenters. The van der Waals surface area contributed by atoms with Gasteiger partial charge >= 0.3 is 5.97 Å². The number of piperazine rings is 1. The number of carboxylic acids is 1. The highest BCUT2D eigenvalue weighted by atomic mass is 79.9. The van der Waals surface area contributed by atoms with E-state index in [4.69, 9.17) is 10.8 Å². The van der Waals surface area contributed by atoms with Gasteiger partial charge in [-0.3, -0.25) is 14.5 Å². The summed E-state index contributed by atoms with van der Waals surface area (Å²) < 4.78 is 0.879. The zero-order valence-electron chi connectivity index (χ0n) is 11.8. The van der Waals surface area contributed by atoms with Crippen LogP contribution in [0.15, 0.2) is 22.7 Å². The van der Waals surface area contributed by atoms with Crippen LogP contribution in [0.2, 0.25) is 0 Å². The van der Waals surface area contributed by atoms with Gasteiger partial charge in [0.05, 0.1) is 11.3 Å². The maximum atomic E-state index is 11.5. The first-order valence-corrected chi connectivity index (χ1v) is 7.50. The number of nitrogens with zero attached hydrogens (tertiary/aromatic N) is 2. The molecule has 1 aromatic rings. The van der Waals surface area contributed by atoms with Crippen LogP contribution in [0.1, 0.15) is 17.3 Å². The first kappa shape index (κ1) is 15.8. The van der Waals surface area contributed by atoms with E-state index in [0.717, 1.165) is 10.2 Å². The Bertz CT molecular complexity index is 556. The van der Waals surface area contributed by atoms with E-state index < -0.39 is 17.9 Å². The number of benzene rings is 1. The Balaban J connectivity index is 2.14. The summed E-state index contributed by atoms with van der Waals surface area (Å²) in [5.74, 6) is -1.28. The number of anilines is 1. The second-order valence-electron chi connectivity index (χ2n) is 5.06. The highest BCUT2D eigenvalue weighted by molar-refractivity contribution is 9.10. The minimum atomic E-state index is -0.816. The minimum Gasteiger partial charge on any atom is -0.480 e. The molecular weight excluding hydrogens is 338 g/mol. The fourth-order valence-corrected chi connectivity index (χ4v) is 2.83. The van der Waals surface area contributed by atoms with Gasteiger partial charge in [0.1, 0.15) is 6.04 Å². The molecule has 0 aromatic heterocycles. The van der Waals surface area contributed by atoms with Crippen molar-refractivity contribution in [3.05, 3.63) is 28.2 Å². The highest BCUT2D eigenvalue weighted by Crippen LogP contribution is 2.26. The lowest BCUT2D eigenvalue weighted by atomic mass is 10.1. The van der Waals surface area contributed by atoms with Crippen LogP contribution in [-0.4, -0.2) is 54.1 Å². The summed E-state index contributed by atoms with van der Waals surface area (Å²) >= 11 is 3.40. The van der Waals surface area contributed by atoms with Crippen LogP contribution >= 0.6 is 15.9 Å². The Hall–Kier alpha value is -1.60. The fraction of sp³-hybridized carbons (Fsp3) is 0.429. The quantitative estimate of drug-likeness (QED) is 0.845. The zero-order chi connectivity index (χ0) is 15.6. The molecule has 1 unspecified atom stereocenters. The summed E-state index contributed by atoms with van der Waals surface area (Å²) in [6.07, 6.45) is 0. The Kier molecular flexibility index (Phi) is 4.84. The van der Waals surface area contributed by atoms with Crippen molar-refractivity contribution in [3.63, 3.8) is 0 Å². The molecule has 2 rings (SSSR count). The van der Waals surface area contributed by atoms with Crippen LogP contribution < -0.4 is 10.6 Å². The molecule has 1 saturated heterocycles. The average Bonchev–Trinajstić information content (AvgIpc) is 2.46. The Morgan fingerprint density at radius 3 is 2.43 bits per heavy atom. The number of amides is 1. The molecule has 1 aliphatic rings. The second-order valence-corrected chi connectivity index (χ2v) is 5.98. The van der Waals surface area contributed by atoms with Crippen LogP contribution in [0.4, 0.5) is 5.69 Å². The smallest absolute Gasteiger partial charge is 0.320 e. The molecule has 6 nitrogen and oxygen atoms in total. The third-order valence-electron chi connectivity index (χ3n) is 3.79. The molecule has 0 bridgehead atoms. The summed E-state index contributed by atoms with van der Waals surface area (Å²) in [4.78, 5) is 26.5. The third kappa shape index (κ3) is 3.54. The number of aliphatic carboxylic acids is 1. The van der Waals surface area contributed by atoms with Crippen LogP contribution in [-0.2, 0) is 4.79 Å². The number of carbonyl (C=O) groups is 2. The van der Waals surface area contributed by atoms with E-state index in [0.29, 0.717) is 31.7 Å². The first-order valence-electron chi connectivity index (χ1n) is 6.71. The van der Waals surface area contributed by atoms with Gasteiger partial charge in [0.15, 0.2) is 0 Å². The number of carboxylic acid groups (broad SMARTS) is 1. The molecule has 0 spiro atoms. The van der Waals surface area contributed by atoms with Gasteiger partial charge in [-0.25, -0.2) is 0 Å². The molecule has 114 valence electrons. The molecule has 7 heteroatoms. The van der Waals surface area contributed by atoms with Crippen molar-refractivity contribution in [2.45, 2.75) is 13.0 Å². The number of hydrogen-bond donors (Lipinski definition) is 2. The van der Waals surface area contributed by atoms with E-state index in [-0.39, 0.29) is 0 Å². The molecule has 3 N–H and O–H groups in total. The van der Waals surface area contributed by atoms with Gasteiger partial charge in [-0.15, -0.1) is 0 Å². The number of rotatable bonds is 4. The van der Waals surface area contributed by atoms with Gasteiger partial charge in [-0.1, -0.05) is 15.9 Å². The van der Waals surface area contributed by atoms with Gasteiger partial charge in [-0.2, -0.15) is 0 Å². The molecule has 0 radical (unpaired) electrons. The predicted octanol–water partition coefficient (Wildman–Crippen LogP) is 1.14. The molecule has 1 heterocycles. The summed E-state index contributed by atoms with van der Waals surface area (Å²) in [6.45, 7) is 4.28. The van der Waals surface area contributed by atoms with E-state index in [2.05, 4.69) is 20.8 Å². The van der Waals surface area contributed by atoms with Crippen LogP contribution in [0.5, 0.6) is 0 Å². The molecule has 21 heavy (non-hydrogen) atoms. The minimum absolute atomic E-state index is 0.459. The number of carbonyl (C=O) groups excluding carboxylic acids is 1. The van der Waals surface area contributed by atoms with Crippen molar-refractivity contribution in [1.29, 1.82) is 0 Å². The van der Waals surface area contributed by atoms with Gasteiger partial charge in [-0.05, 0) is 25.1 Å². The monoisotopic (exact) mass is 355 g/mol. The predicted molar refractivity (Wildman–Crippen MR) is 83.5 cm³/mol. The summed E-state index contributed by atoms with van der Waals surface area (Å²) in [5.41, 5.74) is 6.69. The lowest BCUT2D eigenvalue weighted by Crippen LogP contribution is -2.52. The zero-order valence-corrected chi connectivity index (χ0v) is 13.3. The standard InChI is InChI=1S/C14H18BrN3O3/c1-9(14(20)21)17-4-6-18(7-5-17)12-8-10(15)2-3-11(12)13(16)19/h2-3,8-9H,4-7H2,1H3,(H2,16,19)(H,20,21). The van der Waals surface area contributed by atoms with Crippen LogP contribution in [0, 0.1) is 0 Å². The molecule has 1 aliphatic heterocycles. The Morgan fingerprint density at radius 1 is 1.29 bits per heavy atom. The van der Waals surface area contributed by atoms with Crippen molar-refractivity contribution in [1.82, 2.24) is 4.90 Å². The number of nitrogens with two attached hydrogens (primary N) is 1. The second kappa shape index (κ2) is 6.44. The maximum Gasteiger partial charge on any atom is 0.320 e. The highest BCUT2D eigenvalue weighted by Gasteiger charge is 2.26. The van der Waals surface area contributed by atoms with Crippen LogP contribution in [0.25, 0.3) is 0 Å². The van der Waals surface area contributed by atoms with E-state index >= 15 is 0 Å². The van der Waals surface area contributed by atoms with E-state index in [9.17, 15) is 9.59 Å². The molecular formula is C14H18BrN3O3. The topological polar surface area (TPSA) is 86.9 Å². The number of hydrogen-bond acceptors (Lipinski definition) is 4. The SMILES string of the molecule is CC(C(=O)O)N1CCN(c2cc(Br)ccc2C(N)=O)CC1. The van der Waals surface area contributed by atoms with Crippen LogP contribution in [0.3, 0.4) is 0 Å².